The fraction of sp³-hybridized carbons (Fsp3) is 0.355. The molecule has 0 saturated carbocycles. The molecular weight excluding hydrogens is 565 g/mol. The van der Waals surface area contributed by atoms with E-state index in [0.717, 1.165) is 64.9 Å². The number of carboxylic acid groups (broad SMARTS) is 1. The van der Waals surface area contributed by atoms with Crippen LogP contribution >= 0.6 is 0 Å². The van der Waals surface area contributed by atoms with E-state index >= 15 is 0 Å². The zero-order chi connectivity index (χ0) is 31.6. The number of H-pyrrole nitrogens is 1. The van der Waals surface area contributed by atoms with Crippen LogP contribution in [0.5, 0.6) is 5.75 Å². The summed E-state index contributed by atoms with van der Waals surface area (Å²) in [6.07, 6.45) is 1.54. The van der Waals surface area contributed by atoms with Gasteiger partial charge in [-0.2, -0.15) is 13.2 Å². The second kappa shape index (κ2) is 15.1. The SMILES string of the molecule is CCC(=O)CCCCC[C@H](NC(=O)Cc1c(C)[nH]c2ccc(O)cc12)C1=NC=C(c2ccccc2)[NH2+]1.O=C([O-])C(F)(F)F. The number of benzene rings is 2. The van der Waals surface area contributed by atoms with Gasteiger partial charge in [-0.1, -0.05) is 38.0 Å². The first-order valence-corrected chi connectivity index (χ1v) is 14.0. The number of aliphatic carboxylic acids is 1. The molecule has 5 N–H and O–H groups in total. The maximum Gasteiger partial charge on any atom is 0.430 e. The highest BCUT2D eigenvalue weighted by atomic mass is 19.4. The molecular formula is C31H35F3N4O5. The average molecular weight is 601 g/mol. The molecule has 1 aromatic heterocycles. The van der Waals surface area contributed by atoms with Crippen molar-refractivity contribution in [3.63, 3.8) is 0 Å². The number of phenolic OH excluding ortho intramolecular Hbond substituents is 1. The summed E-state index contributed by atoms with van der Waals surface area (Å²) < 4.78 is 31.5. The molecule has 0 unspecified atom stereocenters. The number of halogens is 3. The molecule has 0 spiro atoms. The predicted molar refractivity (Wildman–Crippen MR) is 154 cm³/mol. The van der Waals surface area contributed by atoms with Crippen LogP contribution in [-0.2, 0) is 20.8 Å². The second-order valence-electron chi connectivity index (χ2n) is 10.2. The molecule has 4 rings (SSSR count). The van der Waals surface area contributed by atoms with Gasteiger partial charge in [-0.25, -0.2) is 4.99 Å². The van der Waals surface area contributed by atoms with Gasteiger partial charge in [0.05, 0.1) is 12.6 Å². The number of carboxylic acids is 1. The minimum Gasteiger partial charge on any atom is -0.542 e. The van der Waals surface area contributed by atoms with Crippen LogP contribution in [0.1, 0.15) is 62.3 Å². The van der Waals surface area contributed by atoms with Crippen LogP contribution in [-0.4, -0.2) is 45.8 Å². The highest BCUT2D eigenvalue weighted by Gasteiger charge is 2.29. The quantitative estimate of drug-likeness (QED) is 0.235. The first-order valence-electron chi connectivity index (χ1n) is 14.0. The first kappa shape index (κ1) is 33.1. The zero-order valence-corrected chi connectivity index (χ0v) is 24.0. The number of carbonyl (C=O) groups excluding carboxylic acids is 3. The van der Waals surface area contributed by atoms with Gasteiger partial charge < -0.3 is 25.3 Å². The first-order chi connectivity index (χ1) is 20.4. The Bertz CT molecular complexity index is 1500. The average Bonchev–Trinajstić information content (AvgIpc) is 3.57. The number of quaternary nitrogens is 1. The number of hydrogen-bond donors (Lipinski definition) is 4. The molecule has 0 saturated heterocycles. The molecule has 0 radical (unpaired) electrons. The molecule has 1 amide bonds. The highest BCUT2D eigenvalue weighted by molar-refractivity contribution is 5.94. The molecule has 0 bridgehead atoms. The number of amides is 1. The Morgan fingerprint density at radius 3 is 2.44 bits per heavy atom. The fourth-order valence-corrected chi connectivity index (χ4v) is 4.68. The molecule has 0 aliphatic carbocycles. The van der Waals surface area contributed by atoms with E-state index in [1.165, 1.54) is 0 Å². The largest absolute Gasteiger partial charge is 0.542 e. The second-order valence-corrected chi connectivity index (χ2v) is 10.2. The summed E-state index contributed by atoms with van der Waals surface area (Å²) in [6.45, 7) is 3.84. The Labute approximate surface area is 246 Å². The number of hydrogen-bond acceptors (Lipinski definition) is 6. The molecule has 9 nitrogen and oxygen atoms in total. The molecule has 1 atom stereocenters. The minimum absolute atomic E-state index is 0.0854. The number of nitrogens with one attached hydrogen (secondary N) is 2. The van der Waals surface area contributed by atoms with E-state index in [9.17, 15) is 27.9 Å². The lowest BCUT2D eigenvalue weighted by Gasteiger charge is -2.17. The van der Waals surface area contributed by atoms with Crippen molar-refractivity contribution in [2.24, 2.45) is 4.99 Å². The normalized spacial score (nSPS) is 13.5. The number of aromatic hydroxyl groups is 1. The number of ketones is 1. The van der Waals surface area contributed by atoms with Crippen molar-refractivity contribution in [3.05, 3.63) is 71.6 Å². The van der Waals surface area contributed by atoms with E-state index in [4.69, 9.17) is 9.90 Å². The van der Waals surface area contributed by atoms with E-state index in [-0.39, 0.29) is 24.1 Å². The molecule has 2 aromatic carbocycles. The van der Waals surface area contributed by atoms with Crippen LogP contribution in [0, 0.1) is 6.92 Å². The number of aryl methyl sites for hydroxylation is 1. The third-order valence-corrected chi connectivity index (χ3v) is 6.97. The van der Waals surface area contributed by atoms with E-state index in [0.29, 0.717) is 18.6 Å². The van der Waals surface area contributed by atoms with E-state index in [1.807, 2.05) is 56.4 Å². The van der Waals surface area contributed by atoms with E-state index in [1.54, 1.807) is 12.1 Å². The number of nitrogens with zero attached hydrogens (tertiary/aromatic N) is 1. The molecule has 0 fully saturated rings. The number of phenols is 1. The van der Waals surface area contributed by atoms with Crippen LogP contribution in [0.25, 0.3) is 16.6 Å². The fourth-order valence-electron chi connectivity index (χ4n) is 4.68. The maximum absolute atomic E-state index is 13.2. The van der Waals surface area contributed by atoms with Crippen LogP contribution in [0.15, 0.2) is 59.7 Å². The summed E-state index contributed by atoms with van der Waals surface area (Å²) in [5, 5.41) is 24.8. The lowest BCUT2D eigenvalue weighted by molar-refractivity contribution is -0.434. The van der Waals surface area contributed by atoms with Crippen molar-refractivity contribution in [1.82, 2.24) is 10.3 Å². The number of amidine groups is 1. The zero-order valence-electron chi connectivity index (χ0n) is 24.0. The van der Waals surface area contributed by atoms with Crippen molar-refractivity contribution in [2.45, 2.75) is 71.0 Å². The Hall–Kier alpha value is -4.45. The lowest BCUT2D eigenvalue weighted by Crippen LogP contribution is -2.87. The smallest absolute Gasteiger partial charge is 0.430 e. The molecule has 3 aromatic rings. The number of nitrogens with two attached hydrogens (primary N) is 1. The van der Waals surface area contributed by atoms with Crippen molar-refractivity contribution < 1.29 is 43.1 Å². The van der Waals surface area contributed by atoms with E-state index in [2.05, 4.69) is 20.6 Å². The number of alkyl halides is 3. The minimum atomic E-state index is -5.19. The predicted octanol–water partition coefficient (Wildman–Crippen LogP) is 3.41. The standard InChI is InChI=1S/C29H34N4O3.C2HF3O2/c1-3-21(34)12-8-5-9-13-26(29-30-18-27(33-29)20-10-6-4-7-11-20)32-28(36)17-23-19(2)31-25-15-14-22(35)16-24(23)25;3-2(4,5)1(6)7/h4,6-7,10-11,14-16,18,26,31,35H,3,5,8-9,12-13,17H2,1-2H3,(H,30,33)(H,32,36);(H,6,7)/t26-;/m0./s1. The number of Topliss-reactive ketones (excluding diaryl/α,β-unsaturated/α-hetero) is 1. The number of aromatic amines is 1. The molecule has 2 heterocycles. The Balaban J connectivity index is 0.000000646. The topological polar surface area (TPSA) is 151 Å². The summed E-state index contributed by atoms with van der Waals surface area (Å²) >= 11 is 0. The Kier molecular flexibility index (Phi) is 11.6. The highest BCUT2D eigenvalue weighted by Crippen LogP contribution is 2.26. The van der Waals surface area contributed by atoms with Crippen molar-refractivity contribution >= 4 is 40.1 Å². The van der Waals surface area contributed by atoms with E-state index < -0.39 is 12.1 Å². The maximum atomic E-state index is 13.2. The van der Waals surface area contributed by atoms with Crippen LogP contribution in [0.2, 0.25) is 0 Å². The van der Waals surface area contributed by atoms with Crippen molar-refractivity contribution in [1.29, 1.82) is 0 Å². The summed E-state index contributed by atoms with van der Waals surface area (Å²) in [5.41, 5.74) is 4.82. The number of aromatic nitrogens is 1. The van der Waals surface area contributed by atoms with Crippen LogP contribution in [0.4, 0.5) is 13.2 Å². The summed E-state index contributed by atoms with van der Waals surface area (Å²) in [7, 11) is 0. The van der Waals surface area contributed by atoms with Gasteiger partial charge in [0.15, 0.2) is 5.70 Å². The summed E-state index contributed by atoms with van der Waals surface area (Å²) in [5.74, 6) is -1.77. The van der Waals surface area contributed by atoms with Crippen molar-refractivity contribution in [2.75, 3.05) is 0 Å². The van der Waals surface area contributed by atoms with Crippen molar-refractivity contribution in [3.8, 4) is 5.75 Å². The number of rotatable bonds is 12. The molecule has 43 heavy (non-hydrogen) atoms. The molecule has 1 aliphatic rings. The summed E-state index contributed by atoms with van der Waals surface area (Å²) in [4.78, 5) is 41.6. The van der Waals surface area contributed by atoms with Gasteiger partial charge in [0, 0.05) is 35.0 Å². The third-order valence-electron chi connectivity index (χ3n) is 6.97. The van der Waals surface area contributed by atoms with Gasteiger partial charge in [-0.3, -0.25) is 14.9 Å². The number of fused-ring (bicyclic) bond motifs is 1. The number of carbonyl (C=O) groups is 3. The van der Waals surface area contributed by atoms with Gasteiger partial charge in [0.1, 0.15) is 23.5 Å². The third kappa shape index (κ3) is 9.81. The monoisotopic (exact) mass is 600 g/mol. The lowest BCUT2D eigenvalue weighted by atomic mass is 10.0. The van der Waals surface area contributed by atoms with Crippen LogP contribution < -0.4 is 15.7 Å². The van der Waals surface area contributed by atoms with Gasteiger partial charge in [-0.05, 0) is 55.7 Å². The number of unbranched alkanes of at least 4 members (excludes halogenated alkanes) is 2. The van der Waals surface area contributed by atoms with Gasteiger partial charge >= 0.3 is 6.18 Å². The van der Waals surface area contributed by atoms with Gasteiger partial charge in [0.25, 0.3) is 0 Å². The number of aliphatic imine (C=N–C) groups is 1. The summed E-state index contributed by atoms with van der Waals surface area (Å²) in [6, 6.07) is 15.0. The Morgan fingerprint density at radius 2 is 1.79 bits per heavy atom. The van der Waals surface area contributed by atoms with Gasteiger partial charge in [0.2, 0.25) is 11.7 Å². The molecule has 1 aliphatic heterocycles. The van der Waals surface area contributed by atoms with Gasteiger partial charge in [-0.15, -0.1) is 0 Å². The van der Waals surface area contributed by atoms with Crippen LogP contribution in [0.3, 0.4) is 0 Å². The molecule has 230 valence electrons. The Morgan fingerprint density at radius 1 is 1.09 bits per heavy atom. The molecule has 12 heteroatoms.